The molecule has 2 aromatic heterocycles. The third-order valence-corrected chi connectivity index (χ3v) is 14.1. The van der Waals surface area contributed by atoms with Crippen LogP contribution in [-0.4, -0.2) is 10.1 Å². The molecule has 336 valence electrons. The Bertz CT molecular complexity index is 2930. The number of rotatable bonds is 6. The summed E-state index contributed by atoms with van der Waals surface area (Å²) in [6.07, 6.45) is 1.92. The molecule has 0 bridgehead atoms. The van der Waals surface area contributed by atoms with E-state index in [1.807, 2.05) is 6.20 Å². The first-order chi connectivity index (χ1) is 30.5. The average Bonchev–Trinajstić information content (AvgIpc) is 3.78. The van der Waals surface area contributed by atoms with E-state index in [4.69, 9.17) is 10.1 Å². The van der Waals surface area contributed by atoms with Crippen molar-refractivity contribution in [3.05, 3.63) is 233 Å². The van der Waals surface area contributed by atoms with Gasteiger partial charge in [0.15, 0.2) is 0 Å². The van der Waals surface area contributed by atoms with Crippen LogP contribution in [0.2, 0.25) is 0 Å². The van der Waals surface area contributed by atoms with Crippen LogP contribution < -0.4 is 14.9 Å². The van der Waals surface area contributed by atoms with Crippen LogP contribution in [0.25, 0.3) is 0 Å². The molecule has 2 aliphatic rings. The summed E-state index contributed by atoms with van der Waals surface area (Å²) in [5.74, 6) is 1.69. The molecule has 0 saturated heterocycles. The molecule has 0 amide bonds. The van der Waals surface area contributed by atoms with E-state index in [0.29, 0.717) is 0 Å². The maximum Gasteiger partial charge on any atom is 3.00 e. The molecule has 2 aliphatic heterocycles. The normalized spacial score (nSPS) is 14.8. The summed E-state index contributed by atoms with van der Waals surface area (Å²) in [4.78, 5) is 10.5. The molecule has 4 heterocycles. The SMILES string of the molecule is CC(C)(C)c1ccc(C(c2[c-]c(N3c4ccccc4C(C)(C)c4cn[n-]c43)ccc2)(c2ccc(C(C)(C)C)cc2)c2cccc(N3c4ccccc4C(C)(C)c4ccccc43)n2)cc1.[Au+3].[CH3-]. The second kappa shape index (κ2) is 16.7. The number of fused-ring (bicyclic) bond motifs is 4. The van der Waals surface area contributed by atoms with Crippen molar-refractivity contribution in [2.75, 3.05) is 9.80 Å². The number of hydrogen-bond donors (Lipinski definition) is 0. The maximum absolute atomic E-state index is 5.88. The Balaban J connectivity index is 0.00000296. The van der Waals surface area contributed by atoms with Gasteiger partial charge in [0.2, 0.25) is 0 Å². The van der Waals surface area contributed by atoms with Crippen LogP contribution in [0.15, 0.2) is 164 Å². The molecule has 10 rings (SSSR count). The molecule has 0 atom stereocenters. The fourth-order valence-electron chi connectivity index (χ4n) is 10.4. The van der Waals surface area contributed by atoms with Gasteiger partial charge in [-0.2, -0.15) is 30.0 Å². The predicted molar refractivity (Wildman–Crippen MR) is 270 cm³/mol. The maximum atomic E-state index is 5.88. The van der Waals surface area contributed by atoms with E-state index in [1.165, 1.54) is 27.8 Å². The van der Waals surface area contributed by atoms with Gasteiger partial charge in [0, 0.05) is 17.0 Å². The quantitative estimate of drug-likeness (QED) is 0.0943. The van der Waals surface area contributed by atoms with E-state index in [-0.39, 0.29) is 51.5 Å². The third kappa shape index (κ3) is 7.28. The molecule has 0 aliphatic carbocycles. The second-order valence-electron chi connectivity index (χ2n) is 20.8. The summed E-state index contributed by atoms with van der Waals surface area (Å²) < 4.78 is 0. The van der Waals surface area contributed by atoms with Crippen LogP contribution in [0.5, 0.6) is 0 Å². The fourth-order valence-corrected chi connectivity index (χ4v) is 10.4. The average molecular weight is 1050 g/mol. The van der Waals surface area contributed by atoms with E-state index in [0.717, 1.165) is 62.3 Å². The minimum Gasteiger partial charge on any atom is -0.439 e. The largest absolute Gasteiger partial charge is 3.00 e. The number of para-hydroxylation sites is 3. The number of hydrogen-bond acceptors (Lipinski definition) is 4. The molecule has 0 radical (unpaired) electrons. The van der Waals surface area contributed by atoms with Crippen molar-refractivity contribution in [2.24, 2.45) is 0 Å². The zero-order valence-electron chi connectivity index (χ0n) is 40.1. The number of anilines is 6. The van der Waals surface area contributed by atoms with Crippen molar-refractivity contribution in [3.63, 3.8) is 0 Å². The number of pyridine rings is 1. The van der Waals surface area contributed by atoms with Gasteiger partial charge in [-0.1, -0.05) is 184 Å². The summed E-state index contributed by atoms with van der Waals surface area (Å²) in [6, 6.07) is 61.9. The summed E-state index contributed by atoms with van der Waals surface area (Å²) in [5.41, 5.74) is 14.3. The van der Waals surface area contributed by atoms with Gasteiger partial charge in [-0.3, -0.25) is 10.00 Å². The summed E-state index contributed by atoms with van der Waals surface area (Å²) in [6.45, 7) is 22.8. The predicted octanol–water partition coefficient (Wildman–Crippen LogP) is 14.9. The second-order valence-corrected chi connectivity index (χ2v) is 20.8. The van der Waals surface area contributed by atoms with Gasteiger partial charge in [-0.15, -0.1) is 5.56 Å². The minimum atomic E-state index is -0.915. The van der Waals surface area contributed by atoms with Crippen molar-refractivity contribution in [1.29, 1.82) is 0 Å². The summed E-state index contributed by atoms with van der Waals surface area (Å²) in [5, 5.41) is 9.29. The molecular weight excluding hydrogens is 988 g/mol. The van der Waals surface area contributed by atoms with Crippen LogP contribution >= 0.6 is 0 Å². The van der Waals surface area contributed by atoms with E-state index in [9.17, 15) is 0 Å². The molecule has 0 spiro atoms. The zero-order valence-corrected chi connectivity index (χ0v) is 42.3. The van der Waals surface area contributed by atoms with E-state index < -0.39 is 5.41 Å². The molecule has 0 N–H and O–H groups in total. The van der Waals surface area contributed by atoms with Crippen molar-refractivity contribution >= 4 is 34.4 Å². The first-order valence-corrected chi connectivity index (χ1v) is 22.6. The smallest absolute Gasteiger partial charge is 0.439 e. The van der Waals surface area contributed by atoms with Crippen molar-refractivity contribution in [3.8, 4) is 0 Å². The molecule has 0 unspecified atom stereocenters. The number of nitrogens with zero attached hydrogens (tertiary/aromatic N) is 5. The third-order valence-electron chi connectivity index (χ3n) is 14.1. The van der Waals surface area contributed by atoms with Gasteiger partial charge in [0.1, 0.15) is 5.82 Å². The van der Waals surface area contributed by atoms with Crippen LogP contribution in [-0.2, 0) is 49.5 Å². The number of benzene rings is 6. The fraction of sp³-hybridized carbons (Fsp3) is 0.250. The van der Waals surface area contributed by atoms with Crippen LogP contribution in [0, 0.1) is 13.5 Å². The molecular formula is C60H60AuN5. The Kier molecular flexibility index (Phi) is 11.8. The Hall–Kier alpha value is -5.98. The van der Waals surface area contributed by atoms with Crippen LogP contribution in [0.3, 0.4) is 0 Å². The standard InChI is InChI=1S/C59H57N5.CH3.Au/c1-55(2,3)39-29-33-41(34-30-39)59(42-35-31-40(32-36-42)56(4,5)6,43-19-17-20-44(37-43)63-49-24-14-11-21-45(49)58(9,10)48-38-60-62-54(48)63)52-27-18-28-53(61-52)64-50-25-15-12-22-46(50)57(7,8)47-23-13-16-26-51(47)64;;/h11-36,38H,1-10H3;1H3;/q-2;-1;+3. The van der Waals surface area contributed by atoms with Crippen molar-refractivity contribution in [1.82, 2.24) is 15.2 Å². The van der Waals surface area contributed by atoms with Crippen LogP contribution in [0.1, 0.15) is 125 Å². The molecule has 0 saturated carbocycles. The van der Waals surface area contributed by atoms with E-state index in [2.05, 4.69) is 248 Å². The van der Waals surface area contributed by atoms with Gasteiger partial charge in [0.05, 0.1) is 22.5 Å². The van der Waals surface area contributed by atoms with Gasteiger partial charge < -0.3 is 17.4 Å². The van der Waals surface area contributed by atoms with Crippen molar-refractivity contribution < 1.29 is 22.4 Å². The molecule has 5 nitrogen and oxygen atoms in total. The molecule has 6 heteroatoms. The van der Waals surface area contributed by atoms with E-state index in [1.54, 1.807) is 0 Å². The van der Waals surface area contributed by atoms with Gasteiger partial charge in [0.25, 0.3) is 0 Å². The van der Waals surface area contributed by atoms with Gasteiger partial charge in [-0.25, -0.2) is 4.98 Å². The summed E-state index contributed by atoms with van der Waals surface area (Å²) in [7, 11) is 0. The Morgan fingerprint density at radius 3 is 1.42 bits per heavy atom. The zero-order chi connectivity index (χ0) is 44.8. The Morgan fingerprint density at radius 2 is 0.924 bits per heavy atom. The Labute approximate surface area is 408 Å². The summed E-state index contributed by atoms with van der Waals surface area (Å²) >= 11 is 0. The first-order valence-electron chi connectivity index (χ1n) is 22.6. The van der Waals surface area contributed by atoms with E-state index >= 15 is 0 Å². The van der Waals surface area contributed by atoms with Crippen molar-refractivity contribution in [2.45, 2.75) is 96.3 Å². The Morgan fingerprint density at radius 1 is 0.485 bits per heavy atom. The molecule has 6 aromatic carbocycles. The van der Waals surface area contributed by atoms with Gasteiger partial charge in [-0.05, 0) is 91.1 Å². The topological polar surface area (TPSA) is 46.4 Å². The minimum absolute atomic E-state index is 0. The van der Waals surface area contributed by atoms with Crippen LogP contribution in [0.4, 0.5) is 34.4 Å². The number of aromatic nitrogens is 3. The monoisotopic (exact) mass is 1050 g/mol. The molecule has 0 fully saturated rings. The van der Waals surface area contributed by atoms with Gasteiger partial charge >= 0.3 is 22.4 Å². The molecule has 66 heavy (non-hydrogen) atoms. The molecule has 8 aromatic rings. The first kappa shape index (κ1) is 46.5.